The largest absolute Gasteiger partial charge is 0.491 e. The second kappa shape index (κ2) is 7.16. The van der Waals surface area contributed by atoms with Crippen molar-refractivity contribution in [1.29, 1.82) is 0 Å². The Hall–Kier alpha value is -1.96. The molecule has 0 saturated carbocycles. The zero-order valence-corrected chi connectivity index (χ0v) is 11.6. The van der Waals surface area contributed by atoms with Crippen LogP contribution in [0.25, 0.3) is 0 Å². The number of benzene rings is 1. The molecule has 1 aromatic carbocycles. The SMILES string of the molecule is NCc1ccccc1OCC(O)CN1CC(=O)NC(=O)C1. The highest BCUT2D eigenvalue weighted by Crippen LogP contribution is 2.17. The predicted octanol–water partition coefficient (Wildman–Crippen LogP) is -1.16. The van der Waals surface area contributed by atoms with Gasteiger partial charge in [-0.25, -0.2) is 0 Å². The average Bonchev–Trinajstić information content (AvgIpc) is 2.44. The highest BCUT2D eigenvalue weighted by atomic mass is 16.5. The molecule has 0 aromatic heterocycles. The van der Waals surface area contributed by atoms with Crippen LogP contribution in [0, 0.1) is 0 Å². The van der Waals surface area contributed by atoms with Crippen molar-refractivity contribution >= 4 is 11.8 Å². The Kier molecular flexibility index (Phi) is 5.26. The van der Waals surface area contributed by atoms with Crippen molar-refractivity contribution in [3.63, 3.8) is 0 Å². The molecule has 114 valence electrons. The number of hydrogen-bond acceptors (Lipinski definition) is 6. The van der Waals surface area contributed by atoms with Gasteiger partial charge >= 0.3 is 0 Å². The number of rotatable bonds is 6. The first-order chi connectivity index (χ1) is 10.1. The number of carbonyl (C=O) groups excluding carboxylic acids is 2. The van der Waals surface area contributed by atoms with Crippen molar-refractivity contribution in [1.82, 2.24) is 10.2 Å². The average molecular weight is 293 g/mol. The van der Waals surface area contributed by atoms with Gasteiger partial charge in [0.15, 0.2) is 0 Å². The van der Waals surface area contributed by atoms with E-state index in [1.165, 1.54) is 0 Å². The van der Waals surface area contributed by atoms with Crippen LogP contribution in [-0.4, -0.2) is 54.2 Å². The Bertz CT molecular complexity index is 505. The number of imide groups is 1. The fourth-order valence-corrected chi connectivity index (χ4v) is 2.18. The third-order valence-electron chi connectivity index (χ3n) is 3.11. The lowest BCUT2D eigenvalue weighted by Gasteiger charge is -2.27. The van der Waals surface area contributed by atoms with Gasteiger partial charge in [0.1, 0.15) is 18.5 Å². The summed E-state index contributed by atoms with van der Waals surface area (Å²) in [5.74, 6) is -0.0767. The monoisotopic (exact) mass is 293 g/mol. The summed E-state index contributed by atoms with van der Waals surface area (Å²) in [5.41, 5.74) is 6.46. The molecule has 0 aliphatic carbocycles. The number of β-amino-alcohol motifs (C(OH)–C–C–N with tert-alkyl or cyclic N) is 1. The van der Waals surface area contributed by atoms with Gasteiger partial charge in [-0.3, -0.25) is 19.8 Å². The second-order valence-corrected chi connectivity index (χ2v) is 4.92. The lowest BCUT2D eigenvalue weighted by Crippen LogP contribution is -2.53. The van der Waals surface area contributed by atoms with Gasteiger partial charge in [-0.15, -0.1) is 0 Å². The fourth-order valence-electron chi connectivity index (χ4n) is 2.18. The predicted molar refractivity (Wildman–Crippen MR) is 75.4 cm³/mol. The number of para-hydroxylation sites is 1. The van der Waals surface area contributed by atoms with Crippen LogP contribution in [0.3, 0.4) is 0 Å². The van der Waals surface area contributed by atoms with Crippen LogP contribution in [-0.2, 0) is 16.1 Å². The number of piperazine rings is 1. The van der Waals surface area contributed by atoms with Crippen LogP contribution in [0.2, 0.25) is 0 Å². The molecule has 1 unspecified atom stereocenters. The van der Waals surface area contributed by atoms with E-state index in [0.717, 1.165) is 5.56 Å². The molecule has 1 aliphatic heterocycles. The van der Waals surface area contributed by atoms with E-state index in [2.05, 4.69) is 5.32 Å². The maximum Gasteiger partial charge on any atom is 0.240 e. The third kappa shape index (κ3) is 4.52. The van der Waals surface area contributed by atoms with Crippen molar-refractivity contribution in [2.45, 2.75) is 12.6 Å². The molecule has 2 amide bonds. The Morgan fingerprint density at radius 3 is 2.62 bits per heavy atom. The summed E-state index contributed by atoms with van der Waals surface area (Å²) < 4.78 is 5.54. The summed E-state index contributed by atoms with van der Waals surface area (Å²) in [7, 11) is 0. The van der Waals surface area contributed by atoms with E-state index >= 15 is 0 Å². The van der Waals surface area contributed by atoms with E-state index < -0.39 is 6.10 Å². The van der Waals surface area contributed by atoms with Crippen molar-refractivity contribution < 1.29 is 19.4 Å². The van der Waals surface area contributed by atoms with Crippen LogP contribution in [0.15, 0.2) is 24.3 Å². The zero-order valence-electron chi connectivity index (χ0n) is 11.6. The minimum absolute atomic E-state index is 0.0727. The maximum atomic E-state index is 11.2. The van der Waals surface area contributed by atoms with Crippen LogP contribution < -0.4 is 15.8 Å². The summed E-state index contributed by atoms with van der Waals surface area (Å²) in [4.78, 5) is 24.0. The molecule has 0 radical (unpaired) electrons. The first-order valence-corrected chi connectivity index (χ1v) is 6.72. The molecule has 7 heteroatoms. The Morgan fingerprint density at radius 2 is 1.95 bits per heavy atom. The van der Waals surface area contributed by atoms with Crippen molar-refractivity contribution in [3.8, 4) is 5.75 Å². The second-order valence-electron chi connectivity index (χ2n) is 4.92. The van der Waals surface area contributed by atoms with Gasteiger partial charge in [-0.05, 0) is 6.07 Å². The highest BCUT2D eigenvalue weighted by molar-refractivity contribution is 5.99. The number of nitrogens with one attached hydrogen (secondary N) is 1. The first kappa shape index (κ1) is 15.4. The minimum atomic E-state index is -0.797. The summed E-state index contributed by atoms with van der Waals surface area (Å²) in [6, 6.07) is 7.33. The Balaban J connectivity index is 1.83. The van der Waals surface area contributed by atoms with E-state index in [9.17, 15) is 14.7 Å². The molecule has 21 heavy (non-hydrogen) atoms. The van der Waals surface area contributed by atoms with E-state index in [1.54, 1.807) is 11.0 Å². The number of nitrogens with zero attached hydrogens (tertiary/aromatic N) is 1. The van der Waals surface area contributed by atoms with Gasteiger partial charge in [0.25, 0.3) is 0 Å². The van der Waals surface area contributed by atoms with Crippen LogP contribution in [0.1, 0.15) is 5.56 Å². The number of nitrogens with two attached hydrogens (primary N) is 1. The smallest absolute Gasteiger partial charge is 0.240 e. The number of amides is 2. The molecule has 1 aromatic rings. The zero-order chi connectivity index (χ0) is 15.2. The fraction of sp³-hybridized carbons (Fsp3) is 0.429. The van der Waals surface area contributed by atoms with Crippen LogP contribution >= 0.6 is 0 Å². The normalized spacial score (nSPS) is 17.4. The molecule has 1 fully saturated rings. The van der Waals surface area contributed by atoms with Crippen molar-refractivity contribution in [2.24, 2.45) is 5.73 Å². The first-order valence-electron chi connectivity index (χ1n) is 6.72. The van der Waals surface area contributed by atoms with Gasteiger partial charge in [0.05, 0.1) is 13.1 Å². The molecular formula is C14H19N3O4. The van der Waals surface area contributed by atoms with E-state index in [1.807, 2.05) is 18.2 Å². The Labute approximate surface area is 122 Å². The lowest BCUT2D eigenvalue weighted by molar-refractivity contribution is -0.136. The van der Waals surface area contributed by atoms with Crippen LogP contribution in [0.4, 0.5) is 0 Å². The summed E-state index contributed by atoms with van der Waals surface area (Å²) in [6.45, 7) is 0.824. The molecule has 0 bridgehead atoms. The van der Waals surface area contributed by atoms with Gasteiger partial charge < -0.3 is 15.6 Å². The molecule has 1 aliphatic rings. The van der Waals surface area contributed by atoms with Crippen molar-refractivity contribution in [2.75, 3.05) is 26.2 Å². The quantitative estimate of drug-likeness (QED) is 0.572. The molecule has 1 atom stereocenters. The van der Waals surface area contributed by atoms with Gasteiger partial charge in [-0.2, -0.15) is 0 Å². The number of hydrogen-bond donors (Lipinski definition) is 3. The van der Waals surface area contributed by atoms with E-state index in [4.69, 9.17) is 10.5 Å². The highest BCUT2D eigenvalue weighted by Gasteiger charge is 2.24. The molecule has 1 saturated heterocycles. The molecular weight excluding hydrogens is 274 g/mol. The Morgan fingerprint density at radius 1 is 1.29 bits per heavy atom. The molecule has 7 nitrogen and oxygen atoms in total. The summed E-state index contributed by atoms with van der Waals surface area (Å²) >= 11 is 0. The van der Waals surface area contributed by atoms with E-state index in [0.29, 0.717) is 12.3 Å². The summed E-state index contributed by atoms with van der Waals surface area (Å²) in [5, 5.41) is 12.2. The van der Waals surface area contributed by atoms with Gasteiger partial charge in [-0.1, -0.05) is 18.2 Å². The number of ether oxygens (including phenoxy) is 1. The molecule has 1 heterocycles. The summed E-state index contributed by atoms with van der Waals surface area (Å²) in [6.07, 6.45) is -0.797. The lowest BCUT2D eigenvalue weighted by atomic mass is 10.2. The number of aliphatic hydroxyl groups excluding tert-OH is 1. The van der Waals surface area contributed by atoms with Crippen LogP contribution in [0.5, 0.6) is 5.75 Å². The molecule has 2 rings (SSSR count). The standard InChI is InChI=1S/C14H19N3O4/c15-5-10-3-1-2-4-12(10)21-9-11(18)6-17-7-13(19)16-14(20)8-17/h1-4,11,18H,5-9,15H2,(H,16,19,20). The third-order valence-corrected chi connectivity index (χ3v) is 3.11. The van der Waals surface area contributed by atoms with Gasteiger partial charge in [0.2, 0.25) is 11.8 Å². The maximum absolute atomic E-state index is 11.2. The topological polar surface area (TPSA) is 105 Å². The minimum Gasteiger partial charge on any atom is -0.491 e. The molecule has 0 spiro atoms. The number of carbonyl (C=O) groups is 2. The number of aliphatic hydroxyl groups is 1. The van der Waals surface area contributed by atoms with E-state index in [-0.39, 0.29) is 38.1 Å². The van der Waals surface area contributed by atoms with Crippen molar-refractivity contribution in [3.05, 3.63) is 29.8 Å². The molecule has 4 N–H and O–H groups in total. The van der Waals surface area contributed by atoms with Gasteiger partial charge in [0, 0.05) is 18.7 Å².